The van der Waals surface area contributed by atoms with Gasteiger partial charge in [0.15, 0.2) is 5.82 Å². The van der Waals surface area contributed by atoms with Gasteiger partial charge in [-0.3, -0.25) is 5.10 Å². The number of aromatic nitrogens is 3. The largest absolute Gasteiger partial charge is 0.263 e. The number of hydrogen-bond donors (Lipinski definition) is 1. The summed E-state index contributed by atoms with van der Waals surface area (Å²) < 4.78 is 0. The van der Waals surface area contributed by atoms with E-state index in [-0.39, 0.29) is 0 Å². The fourth-order valence-electron chi connectivity index (χ4n) is 3.43. The standard InChI is InChI=1S/C14H23N3/c1-2-6-11(7-3-1)10-13-15-14(17-16-13)12-8-4-5-9-12/h11-12H,1-10H2,(H,15,16,17). The van der Waals surface area contributed by atoms with Crippen LogP contribution < -0.4 is 0 Å². The summed E-state index contributed by atoms with van der Waals surface area (Å²) in [5.74, 6) is 3.73. The Balaban J connectivity index is 1.59. The number of nitrogens with one attached hydrogen (secondary N) is 1. The zero-order chi connectivity index (χ0) is 11.5. The van der Waals surface area contributed by atoms with Crippen LogP contribution in [0.1, 0.15) is 75.4 Å². The van der Waals surface area contributed by atoms with Crippen LogP contribution in [-0.4, -0.2) is 15.2 Å². The van der Waals surface area contributed by atoms with Gasteiger partial charge in [-0.05, 0) is 18.8 Å². The summed E-state index contributed by atoms with van der Waals surface area (Å²) in [6.07, 6.45) is 13.5. The van der Waals surface area contributed by atoms with E-state index in [0.717, 1.165) is 24.0 Å². The highest BCUT2D eigenvalue weighted by molar-refractivity contribution is 5.00. The third-order valence-corrected chi connectivity index (χ3v) is 4.48. The molecule has 1 N–H and O–H groups in total. The molecule has 0 unspecified atom stereocenters. The summed E-state index contributed by atoms with van der Waals surface area (Å²) >= 11 is 0. The molecule has 1 aromatic heterocycles. The van der Waals surface area contributed by atoms with E-state index in [2.05, 4.69) is 10.2 Å². The van der Waals surface area contributed by atoms with Crippen molar-refractivity contribution in [3.05, 3.63) is 11.6 Å². The Morgan fingerprint density at radius 1 is 0.941 bits per heavy atom. The van der Waals surface area contributed by atoms with Gasteiger partial charge in [-0.2, -0.15) is 5.10 Å². The Labute approximate surface area is 103 Å². The fraction of sp³-hybridized carbons (Fsp3) is 0.857. The maximum absolute atomic E-state index is 4.72. The van der Waals surface area contributed by atoms with E-state index in [9.17, 15) is 0 Å². The molecule has 1 aromatic rings. The van der Waals surface area contributed by atoms with Gasteiger partial charge in [0, 0.05) is 12.3 Å². The van der Waals surface area contributed by atoms with Crippen molar-refractivity contribution in [2.24, 2.45) is 5.92 Å². The quantitative estimate of drug-likeness (QED) is 0.867. The minimum Gasteiger partial charge on any atom is -0.263 e. The van der Waals surface area contributed by atoms with Crippen molar-refractivity contribution in [1.29, 1.82) is 0 Å². The molecular weight excluding hydrogens is 210 g/mol. The predicted molar refractivity (Wildman–Crippen MR) is 67.9 cm³/mol. The number of hydrogen-bond acceptors (Lipinski definition) is 2. The Morgan fingerprint density at radius 2 is 1.65 bits per heavy atom. The van der Waals surface area contributed by atoms with Gasteiger partial charge in [0.05, 0.1) is 0 Å². The van der Waals surface area contributed by atoms with Crippen LogP contribution in [0.5, 0.6) is 0 Å². The SMILES string of the molecule is C1CCC(Cc2nc(C3CCCC3)n[nH]2)CC1. The van der Waals surface area contributed by atoms with Crippen LogP contribution in [0, 0.1) is 5.92 Å². The Hall–Kier alpha value is -0.860. The highest BCUT2D eigenvalue weighted by atomic mass is 15.2. The predicted octanol–water partition coefficient (Wildman–Crippen LogP) is 3.59. The number of rotatable bonds is 3. The number of H-pyrrole nitrogens is 1. The molecular formula is C14H23N3. The Kier molecular flexibility index (Phi) is 3.44. The molecule has 0 aliphatic heterocycles. The fourth-order valence-corrected chi connectivity index (χ4v) is 3.43. The monoisotopic (exact) mass is 233 g/mol. The van der Waals surface area contributed by atoms with Crippen LogP contribution in [0.4, 0.5) is 0 Å². The van der Waals surface area contributed by atoms with Crippen molar-refractivity contribution >= 4 is 0 Å². The zero-order valence-corrected chi connectivity index (χ0v) is 10.6. The molecule has 3 nitrogen and oxygen atoms in total. The first kappa shape index (κ1) is 11.2. The lowest BCUT2D eigenvalue weighted by atomic mass is 9.87. The van der Waals surface area contributed by atoms with Gasteiger partial charge in [-0.25, -0.2) is 4.98 Å². The lowest BCUT2D eigenvalue weighted by molar-refractivity contribution is 0.351. The van der Waals surface area contributed by atoms with Crippen LogP contribution in [0.15, 0.2) is 0 Å². The van der Waals surface area contributed by atoms with Gasteiger partial charge < -0.3 is 0 Å². The summed E-state index contributed by atoms with van der Waals surface area (Å²) in [6.45, 7) is 0. The molecule has 3 heteroatoms. The molecule has 0 aromatic carbocycles. The van der Waals surface area contributed by atoms with Gasteiger partial charge in [-0.1, -0.05) is 44.9 Å². The summed E-state index contributed by atoms with van der Waals surface area (Å²) in [7, 11) is 0. The first-order chi connectivity index (χ1) is 8.42. The lowest BCUT2D eigenvalue weighted by Gasteiger charge is -2.19. The lowest BCUT2D eigenvalue weighted by Crippen LogP contribution is -2.10. The van der Waals surface area contributed by atoms with E-state index < -0.39 is 0 Å². The Morgan fingerprint density at radius 3 is 2.41 bits per heavy atom. The molecule has 2 aliphatic carbocycles. The second kappa shape index (κ2) is 5.19. The average molecular weight is 233 g/mol. The average Bonchev–Trinajstić information content (AvgIpc) is 3.00. The zero-order valence-electron chi connectivity index (χ0n) is 10.6. The molecule has 0 saturated heterocycles. The minimum atomic E-state index is 0.645. The van der Waals surface area contributed by atoms with Crippen LogP contribution in [0.3, 0.4) is 0 Å². The van der Waals surface area contributed by atoms with Crippen LogP contribution in [-0.2, 0) is 6.42 Å². The van der Waals surface area contributed by atoms with Crippen molar-refractivity contribution in [2.75, 3.05) is 0 Å². The maximum Gasteiger partial charge on any atom is 0.153 e. The van der Waals surface area contributed by atoms with Gasteiger partial charge in [-0.15, -0.1) is 0 Å². The van der Waals surface area contributed by atoms with Crippen molar-refractivity contribution in [2.45, 2.75) is 70.1 Å². The summed E-state index contributed by atoms with van der Waals surface area (Å²) in [4.78, 5) is 4.72. The molecule has 1 heterocycles. The summed E-state index contributed by atoms with van der Waals surface area (Å²) in [5, 5.41) is 7.60. The molecule has 94 valence electrons. The van der Waals surface area contributed by atoms with Crippen LogP contribution in [0.2, 0.25) is 0 Å². The van der Waals surface area contributed by atoms with E-state index in [1.807, 2.05) is 0 Å². The van der Waals surface area contributed by atoms with Crippen molar-refractivity contribution < 1.29 is 0 Å². The highest BCUT2D eigenvalue weighted by Crippen LogP contribution is 2.32. The van der Waals surface area contributed by atoms with Gasteiger partial charge >= 0.3 is 0 Å². The van der Waals surface area contributed by atoms with E-state index in [0.29, 0.717) is 5.92 Å². The smallest absolute Gasteiger partial charge is 0.153 e. The molecule has 3 rings (SSSR count). The van der Waals surface area contributed by atoms with Gasteiger partial charge in [0.25, 0.3) is 0 Å². The molecule has 17 heavy (non-hydrogen) atoms. The number of nitrogens with zero attached hydrogens (tertiary/aromatic N) is 2. The molecule has 2 fully saturated rings. The summed E-state index contributed by atoms with van der Waals surface area (Å²) in [5.41, 5.74) is 0. The molecule has 0 amide bonds. The Bertz CT molecular complexity index is 346. The maximum atomic E-state index is 4.72. The van der Waals surface area contributed by atoms with Crippen LogP contribution >= 0.6 is 0 Å². The minimum absolute atomic E-state index is 0.645. The topological polar surface area (TPSA) is 41.6 Å². The molecule has 0 radical (unpaired) electrons. The normalized spacial score (nSPS) is 23.3. The highest BCUT2D eigenvalue weighted by Gasteiger charge is 2.22. The van der Waals surface area contributed by atoms with E-state index in [4.69, 9.17) is 4.98 Å². The molecule has 0 bridgehead atoms. The molecule has 0 atom stereocenters. The molecule has 0 spiro atoms. The third kappa shape index (κ3) is 2.70. The third-order valence-electron chi connectivity index (χ3n) is 4.48. The van der Waals surface area contributed by atoms with E-state index in [1.165, 1.54) is 57.8 Å². The second-order valence-electron chi connectivity index (χ2n) is 5.83. The van der Waals surface area contributed by atoms with Gasteiger partial charge in [0.1, 0.15) is 5.82 Å². The van der Waals surface area contributed by atoms with Gasteiger partial charge in [0.2, 0.25) is 0 Å². The summed E-state index contributed by atoms with van der Waals surface area (Å²) in [6, 6.07) is 0. The van der Waals surface area contributed by atoms with Crippen molar-refractivity contribution in [3.8, 4) is 0 Å². The second-order valence-corrected chi connectivity index (χ2v) is 5.83. The molecule has 2 saturated carbocycles. The van der Waals surface area contributed by atoms with Crippen molar-refractivity contribution in [1.82, 2.24) is 15.2 Å². The van der Waals surface area contributed by atoms with Crippen molar-refractivity contribution in [3.63, 3.8) is 0 Å². The van der Waals surface area contributed by atoms with Crippen LogP contribution in [0.25, 0.3) is 0 Å². The first-order valence-corrected chi connectivity index (χ1v) is 7.33. The molecule has 2 aliphatic rings. The number of aromatic amines is 1. The van der Waals surface area contributed by atoms with E-state index >= 15 is 0 Å². The van der Waals surface area contributed by atoms with E-state index in [1.54, 1.807) is 0 Å². The first-order valence-electron chi connectivity index (χ1n) is 7.33.